The number of halogens is 1. The normalized spacial score (nSPS) is 17.1. The highest BCUT2D eigenvalue weighted by molar-refractivity contribution is 6.07. The zero-order chi connectivity index (χ0) is 18.3. The summed E-state index contributed by atoms with van der Waals surface area (Å²) in [5, 5.41) is 9.91. The summed E-state index contributed by atoms with van der Waals surface area (Å²) in [6.45, 7) is 2.14. The van der Waals surface area contributed by atoms with Crippen LogP contribution >= 0.6 is 0 Å². The molecule has 132 valence electrons. The molecule has 0 spiro atoms. The van der Waals surface area contributed by atoms with Gasteiger partial charge < -0.3 is 5.32 Å². The van der Waals surface area contributed by atoms with Crippen LogP contribution in [0.5, 0.6) is 0 Å². The minimum Gasteiger partial charge on any atom is -0.326 e. The number of carbonyl (C=O) groups excluding carboxylic acids is 2. The number of rotatable bonds is 3. The van der Waals surface area contributed by atoms with Crippen LogP contribution in [0.4, 0.5) is 15.9 Å². The quantitative estimate of drug-likeness (QED) is 0.761. The van der Waals surface area contributed by atoms with E-state index in [4.69, 9.17) is 0 Å². The fourth-order valence-electron chi connectivity index (χ4n) is 3.18. The molecular weight excluding hydrogens is 335 g/mol. The van der Waals surface area contributed by atoms with Crippen LogP contribution in [0.3, 0.4) is 0 Å². The molecule has 2 N–H and O–H groups in total. The van der Waals surface area contributed by atoms with Gasteiger partial charge in [-0.1, -0.05) is 23.8 Å². The van der Waals surface area contributed by atoms with Gasteiger partial charge in [0.2, 0.25) is 11.8 Å². The van der Waals surface area contributed by atoms with E-state index < -0.39 is 11.7 Å². The smallest absolute Gasteiger partial charge is 0.229 e. The molecule has 0 bridgehead atoms. The fraction of sp³-hybridized carbons (Fsp3) is 0.211. The molecule has 4 rings (SSSR count). The molecule has 1 aliphatic rings. The van der Waals surface area contributed by atoms with Gasteiger partial charge in [-0.05, 0) is 31.2 Å². The van der Waals surface area contributed by atoms with Gasteiger partial charge in [0.05, 0.1) is 16.8 Å². The number of hydrogen-bond acceptors (Lipinski definition) is 3. The van der Waals surface area contributed by atoms with Gasteiger partial charge in [0, 0.05) is 18.7 Å². The van der Waals surface area contributed by atoms with Crippen LogP contribution in [0.15, 0.2) is 42.5 Å². The van der Waals surface area contributed by atoms with E-state index in [1.54, 1.807) is 12.1 Å². The Hall–Kier alpha value is -3.22. The summed E-state index contributed by atoms with van der Waals surface area (Å²) in [7, 11) is 0. The predicted octanol–water partition coefficient (Wildman–Crippen LogP) is 3.00. The van der Waals surface area contributed by atoms with Crippen LogP contribution in [-0.4, -0.2) is 28.6 Å². The second kappa shape index (κ2) is 6.25. The summed E-state index contributed by atoms with van der Waals surface area (Å²) in [6.07, 6.45) is 0.0699. The lowest BCUT2D eigenvalue weighted by Crippen LogP contribution is -2.28. The predicted molar refractivity (Wildman–Crippen MR) is 96.3 cm³/mol. The minimum absolute atomic E-state index is 0.0699. The van der Waals surface area contributed by atoms with E-state index in [1.807, 2.05) is 31.2 Å². The Labute approximate surface area is 149 Å². The van der Waals surface area contributed by atoms with Gasteiger partial charge in [0.1, 0.15) is 5.82 Å². The van der Waals surface area contributed by atoms with Gasteiger partial charge >= 0.3 is 0 Å². The zero-order valence-corrected chi connectivity index (χ0v) is 14.1. The Morgan fingerprint density at radius 1 is 1.27 bits per heavy atom. The largest absolute Gasteiger partial charge is 0.326 e. The van der Waals surface area contributed by atoms with E-state index in [0.29, 0.717) is 11.2 Å². The maximum Gasteiger partial charge on any atom is 0.229 e. The van der Waals surface area contributed by atoms with Gasteiger partial charge in [-0.2, -0.15) is 5.10 Å². The number of benzene rings is 2. The third-order valence-corrected chi connectivity index (χ3v) is 4.59. The molecule has 1 aromatic heterocycles. The second-order valence-corrected chi connectivity index (χ2v) is 6.47. The summed E-state index contributed by atoms with van der Waals surface area (Å²) in [4.78, 5) is 26.3. The zero-order valence-electron chi connectivity index (χ0n) is 14.1. The van der Waals surface area contributed by atoms with Crippen LogP contribution in [0.2, 0.25) is 0 Å². The minimum atomic E-state index is -0.512. The maximum atomic E-state index is 14.2. The molecule has 2 aromatic carbocycles. The third-order valence-electron chi connectivity index (χ3n) is 4.59. The molecule has 0 unspecified atom stereocenters. The Bertz CT molecular complexity index is 996. The van der Waals surface area contributed by atoms with Crippen LogP contribution in [0.1, 0.15) is 12.0 Å². The average Bonchev–Trinajstić information content (AvgIpc) is 3.21. The highest BCUT2D eigenvalue weighted by Crippen LogP contribution is 2.31. The fourth-order valence-corrected chi connectivity index (χ4v) is 3.18. The molecule has 0 saturated carbocycles. The summed E-state index contributed by atoms with van der Waals surface area (Å²) < 4.78 is 14.2. The molecule has 1 fully saturated rings. The molecule has 2 heterocycles. The number of hydrogen-bond donors (Lipinski definition) is 2. The number of aromatic amines is 1. The Morgan fingerprint density at radius 2 is 2.04 bits per heavy atom. The first-order valence-corrected chi connectivity index (χ1v) is 8.33. The number of aryl methyl sites for hydroxylation is 1. The lowest BCUT2D eigenvalue weighted by Gasteiger charge is -2.14. The first kappa shape index (κ1) is 16.3. The standard InChI is InChI=1S/C19H17FN4O2/c1-11-5-7-13(8-6-11)21-19(26)12-9-16(25)24(10-12)18-17-14(20)3-2-4-15(17)22-23-18/h2-8,12H,9-10H2,1H3,(H,21,26)(H,22,23)/t12-/m1/s1. The van der Waals surface area contributed by atoms with Crippen LogP contribution in [-0.2, 0) is 9.59 Å². The number of anilines is 2. The summed E-state index contributed by atoms with van der Waals surface area (Å²) in [5.74, 6) is -1.21. The van der Waals surface area contributed by atoms with Crippen molar-refractivity contribution in [3.05, 3.63) is 53.8 Å². The van der Waals surface area contributed by atoms with Gasteiger partial charge in [-0.25, -0.2) is 4.39 Å². The molecule has 2 amide bonds. The average molecular weight is 352 g/mol. The lowest BCUT2D eigenvalue weighted by atomic mass is 10.1. The molecular formula is C19H17FN4O2. The van der Waals surface area contributed by atoms with E-state index in [0.717, 1.165) is 5.56 Å². The van der Waals surface area contributed by atoms with Gasteiger partial charge in [0.25, 0.3) is 0 Å². The van der Waals surface area contributed by atoms with Crippen molar-refractivity contribution in [2.24, 2.45) is 5.92 Å². The van der Waals surface area contributed by atoms with Crippen LogP contribution in [0.25, 0.3) is 10.9 Å². The molecule has 7 heteroatoms. The van der Waals surface area contributed by atoms with Crippen molar-refractivity contribution in [1.82, 2.24) is 10.2 Å². The van der Waals surface area contributed by atoms with Crippen molar-refractivity contribution in [1.29, 1.82) is 0 Å². The van der Waals surface area contributed by atoms with Crippen molar-refractivity contribution in [2.75, 3.05) is 16.8 Å². The molecule has 1 saturated heterocycles. The topological polar surface area (TPSA) is 78.1 Å². The highest BCUT2D eigenvalue weighted by Gasteiger charge is 2.37. The number of amides is 2. The molecule has 1 aliphatic heterocycles. The van der Waals surface area contributed by atoms with E-state index in [2.05, 4.69) is 15.5 Å². The van der Waals surface area contributed by atoms with Gasteiger partial charge in [-0.15, -0.1) is 0 Å². The number of nitrogens with zero attached hydrogens (tertiary/aromatic N) is 2. The summed E-state index contributed by atoms with van der Waals surface area (Å²) in [5.41, 5.74) is 2.29. The maximum absolute atomic E-state index is 14.2. The molecule has 0 aliphatic carbocycles. The molecule has 6 nitrogen and oxygen atoms in total. The van der Waals surface area contributed by atoms with E-state index in [1.165, 1.54) is 11.0 Å². The monoisotopic (exact) mass is 352 g/mol. The number of aromatic nitrogens is 2. The van der Waals surface area contributed by atoms with Gasteiger partial charge in [-0.3, -0.25) is 19.6 Å². The number of H-pyrrole nitrogens is 1. The highest BCUT2D eigenvalue weighted by atomic mass is 19.1. The SMILES string of the molecule is Cc1ccc(NC(=O)[C@@H]2CC(=O)N(c3n[nH]c4cccc(F)c34)C2)cc1. The first-order chi connectivity index (χ1) is 12.5. The second-order valence-electron chi connectivity index (χ2n) is 6.47. The number of fused-ring (bicyclic) bond motifs is 1. The molecule has 1 atom stereocenters. The van der Waals surface area contributed by atoms with Crippen molar-refractivity contribution in [2.45, 2.75) is 13.3 Å². The third kappa shape index (κ3) is 2.81. The number of nitrogens with one attached hydrogen (secondary N) is 2. The van der Waals surface area contributed by atoms with Crippen molar-refractivity contribution >= 4 is 34.2 Å². The van der Waals surface area contributed by atoms with Crippen LogP contribution in [0, 0.1) is 18.7 Å². The summed E-state index contributed by atoms with van der Waals surface area (Å²) >= 11 is 0. The van der Waals surface area contributed by atoms with Crippen molar-refractivity contribution in [3.8, 4) is 0 Å². The van der Waals surface area contributed by atoms with Crippen molar-refractivity contribution in [3.63, 3.8) is 0 Å². The van der Waals surface area contributed by atoms with Crippen LogP contribution < -0.4 is 10.2 Å². The molecule has 26 heavy (non-hydrogen) atoms. The Morgan fingerprint density at radius 3 is 2.81 bits per heavy atom. The van der Waals surface area contributed by atoms with E-state index in [-0.39, 0.29) is 36.0 Å². The van der Waals surface area contributed by atoms with Gasteiger partial charge in [0.15, 0.2) is 5.82 Å². The first-order valence-electron chi connectivity index (χ1n) is 8.33. The Kier molecular flexibility index (Phi) is 3.91. The lowest BCUT2D eigenvalue weighted by molar-refractivity contribution is -0.122. The molecule has 0 radical (unpaired) electrons. The number of carbonyl (C=O) groups is 2. The molecule has 3 aromatic rings. The Balaban J connectivity index is 1.54. The van der Waals surface area contributed by atoms with E-state index in [9.17, 15) is 14.0 Å². The summed E-state index contributed by atoms with van der Waals surface area (Å²) in [6, 6.07) is 12.0. The van der Waals surface area contributed by atoms with Crippen molar-refractivity contribution < 1.29 is 14.0 Å². The van der Waals surface area contributed by atoms with E-state index >= 15 is 0 Å².